The van der Waals surface area contributed by atoms with Crippen molar-refractivity contribution < 1.29 is 9.53 Å². The predicted molar refractivity (Wildman–Crippen MR) is 128 cm³/mol. The summed E-state index contributed by atoms with van der Waals surface area (Å²) in [6.07, 6.45) is 3.06. The molecule has 3 aromatic rings. The highest BCUT2D eigenvalue weighted by atomic mass is 79.9. The van der Waals surface area contributed by atoms with Gasteiger partial charge >= 0.3 is 0 Å². The molecule has 0 bridgehead atoms. The Hall–Kier alpha value is -2.37. The minimum Gasteiger partial charge on any atom is -0.492 e. The normalized spacial score (nSPS) is 19.6. The first-order chi connectivity index (χ1) is 14.9. The van der Waals surface area contributed by atoms with E-state index in [0.29, 0.717) is 18.2 Å². The van der Waals surface area contributed by atoms with Crippen LogP contribution in [0.15, 0.2) is 59.1 Å². The molecular formula is C26H27BrN2O2. The Kier molecular flexibility index (Phi) is 5.27. The summed E-state index contributed by atoms with van der Waals surface area (Å²) in [6.45, 7) is 3.77. The van der Waals surface area contributed by atoms with E-state index in [4.69, 9.17) is 4.74 Å². The second-order valence-electron chi connectivity index (χ2n) is 8.92. The van der Waals surface area contributed by atoms with Gasteiger partial charge in [0.25, 0.3) is 5.91 Å². The topological polar surface area (TPSA) is 41.6 Å². The standard InChI is InChI=1S/C26H27BrN2O2/c1-17-7-8-21(31-16-20-9-12-29(20)2)15-23(17)25(30)28-26(10-11-26)24-14-19(27)13-18-5-3-4-6-22(18)24/h3-8,13-15,20H,9-12,16H2,1-2H3,(H,28,30). The number of likely N-dealkylation sites (tertiary alicyclic amines) is 1. The summed E-state index contributed by atoms with van der Waals surface area (Å²) >= 11 is 3.65. The summed E-state index contributed by atoms with van der Waals surface area (Å²) in [5, 5.41) is 5.73. The zero-order valence-corrected chi connectivity index (χ0v) is 19.5. The second kappa shape index (κ2) is 7.95. The Labute approximate surface area is 191 Å². The molecule has 160 valence electrons. The van der Waals surface area contributed by atoms with Crippen molar-refractivity contribution in [2.45, 2.75) is 37.8 Å². The number of aryl methyl sites for hydroxylation is 1. The number of hydrogen-bond acceptors (Lipinski definition) is 3. The van der Waals surface area contributed by atoms with Crippen molar-refractivity contribution in [2.24, 2.45) is 0 Å². The maximum absolute atomic E-state index is 13.3. The molecule has 1 N–H and O–H groups in total. The molecule has 2 fully saturated rings. The number of fused-ring (bicyclic) bond motifs is 1. The van der Waals surface area contributed by atoms with Gasteiger partial charge in [-0.3, -0.25) is 9.69 Å². The van der Waals surface area contributed by atoms with Gasteiger partial charge in [-0.1, -0.05) is 46.3 Å². The van der Waals surface area contributed by atoms with Gasteiger partial charge in [0, 0.05) is 16.1 Å². The van der Waals surface area contributed by atoms with Crippen LogP contribution in [0, 0.1) is 6.92 Å². The van der Waals surface area contributed by atoms with E-state index in [9.17, 15) is 4.79 Å². The van der Waals surface area contributed by atoms with E-state index in [-0.39, 0.29) is 11.4 Å². The van der Waals surface area contributed by atoms with Crippen LogP contribution in [0.3, 0.4) is 0 Å². The van der Waals surface area contributed by atoms with Crippen LogP contribution in [-0.4, -0.2) is 37.0 Å². The van der Waals surface area contributed by atoms with Gasteiger partial charge in [0.1, 0.15) is 12.4 Å². The Morgan fingerprint density at radius 3 is 2.71 bits per heavy atom. The highest BCUT2D eigenvalue weighted by Crippen LogP contribution is 2.49. The van der Waals surface area contributed by atoms with Gasteiger partial charge in [0.15, 0.2) is 0 Å². The third-order valence-corrected chi connectivity index (χ3v) is 7.24. The Bertz CT molecular complexity index is 1160. The maximum atomic E-state index is 13.3. The highest BCUT2D eigenvalue weighted by Gasteiger charge is 2.47. The monoisotopic (exact) mass is 478 g/mol. The van der Waals surface area contributed by atoms with Crippen LogP contribution in [0.25, 0.3) is 10.8 Å². The largest absolute Gasteiger partial charge is 0.492 e. The molecule has 5 rings (SSSR count). The summed E-state index contributed by atoms with van der Waals surface area (Å²) < 4.78 is 7.04. The van der Waals surface area contributed by atoms with Gasteiger partial charge in [0.05, 0.1) is 5.54 Å². The number of rotatable bonds is 6. The van der Waals surface area contributed by atoms with Crippen LogP contribution in [0.2, 0.25) is 0 Å². The molecule has 1 atom stereocenters. The summed E-state index contributed by atoms with van der Waals surface area (Å²) in [6, 6.07) is 18.9. The number of ether oxygens (including phenoxy) is 1. The fraction of sp³-hybridized carbons (Fsp3) is 0.346. The van der Waals surface area contributed by atoms with E-state index in [2.05, 4.69) is 63.5 Å². The van der Waals surface area contributed by atoms with Crippen LogP contribution in [0.4, 0.5) is 0 Å². The van der Waals surface area contributed by atoms with Gasteiger partial charge in [-0.2, -0.15) is 0 Å². The van der Waals surface area contributed by atoms with Gasteiger partial charge in [-0.05, 0) is 85.9 Å². The molecule has 31 heavy (non-hydrogen) atoms. The molecule has 1 heterocycles. The molecule has 4 nitrogen and oxygen atoms in total. The average molecular weight is 479 g/mol. The molecule has 0 spiro atoms. The molecule has 1 unspecified atom stereocenters. The van der Waals surface area contributed by atoms with Crippen LogP contribution >= 0.6 is 15.9 Å². The van der Waals surface area contributed by atoms with Gasteiger partial charge in [0.2, 0.25) is 0 Å². The number of likely N-dealkylation sites (N-methyl/N-ethyl adjacent to an activating group) is 1. The SMILES string of the molecule is Cc1ccc(OCC2CCN2C)cc1C(=O)NC1(c2cc(Br)cc3ccccc23)CC1. The van der Waals surface area contributed by atoms with E-state index in [1.807, 2.05) is 31.2 Å². The summed E-state index contributed by atoms with van der Waals surface area (Å²) in [7, 11) is 2.12. The highest BCUT2D eigenvalue weighted by molar-refractivity contribution is 9.10. The lowest BCUT2D eigenvalue weighted by molar-refractivity contribution is 0.0767. The van der Waals surface area contributed by atoms with Gasteiger partial charge in [-0.15, -0.1) is 0 Å². The van der Waals surface area contributed by atoms with E-state index < -0.39 is 0 Å². The molecule has 3 aromatic carbocycles. The molecule has 1 amide bonds. The van der Waals surface area contributed by atoms with Crippen LogP contribution in [0.1, 0.15) is 40.7 Å². The Morgan fingerprint density at radius 2 is 2.00 bits per heavy atom. The minimum atomic E-state index is -0.307. The van der Waals surface area contributed by atoms with Crippen molar-refractivity contribution in [3.8, 4) is 5.75 Å². The predicted octanol–water partition coefficient (Wildman–Crippen LogP) is 5.41. The Balaban J connectivity index is 1.38. The molecule has 1 saturated heterocycles. The maximum Gasteiger partial charge on any atom is 0.252 e. The lowest BCUT2D eigenvalue weighted by Crippen LogP contribution is -2.48. The lowest BCUT2D eigenvalue weighted by Gasteiger charge is -2.37. The molecule has 2 aliphatic rings. The van der Waals surface area contributed by atoms with Crippen molar-refractivity contribution >= 4 is 32.6 Å². The van der Waals surface area contributed by atoms with Crippen molar-refractivity contribution in [3.63, 3.8) is 0 Å². The number of carbonyl (C=O) groups is 1. The molecule has 5 heteroatoms. The van der Waals surface area contributed by atoms with Crippen molar-refractivity contribution in [1.82, 2.24) is 10.2 Å². The fourth-order valence-corrected chi connectivity index (χ4v) is 4.93. The van der Waals surface area contributed by atoms with Crippen molar-refractivity contribution in [2.75, 3.05) is 20.2 Å². The minimum absolute atomic E-state index is 0.0368. The van der Waals surface area contributed by atoms with E-state index in [0.717, 1.165) is 35.2 Å². The number of nitrogens with one attached hydrogen (secondary N) is 1. The number of benzene rings is 3. The third-order valence-electron chi connectivity index (χ3n) is 6.78. The summed E-state index contributed by atoms with van der Waals surface area (Å²) in [4.78, 5) is 15.6. The lowest BCUT2D eigenvalue weighted by atomic mass is 9.96. The van der Waals surface area contributed by atoms with E-state index in [1.54, 1.807) is 0 Å². The molecule has 1 aliphatic heterocycles. The fourth-order valence-electron chi connectivity index (χ4n) is 4.45. The van der Waals surface area contributed by atoms with E-state index in [1.165, 1.54) is 22.8 Å². The third kappa shape index (κ3) is 3.97. The quantitative estimate of drug-likeness (QED) is 0.514. The molecule has 1 saturated carbocycles. The molecular weight excluding hydrogens is 452 g/mol. The second-order valence-corrected chi connectivity index (χ2v) is 9.84. The molecule has 0 aromatic heterocycles. The first-order valence-corrected chi connectivity index (χ1v) is 11.7. The summed E-state index contributed by atoms with van der Waals surface area (Å²) in [5.74, 6) is 0.721. The van der Waals surface area contributed by atoms with E-state index >= 15 is 0 Å². The number of nitrogens with zero attached hydrogens (tertiary/aromatic N) is 1. The molecule has 1 aliphatic carbocycles. The summed E-state index contributed by atoms with van der Waals surface area (Å²) in [5.41, 5.74) is 2.52. The average Bonchev–Trinajstić information content (AvgIpc) is 3.53. The number of hydrogen-bond donors (Lipinski definition) is 1. The van der Waals surface area contributed by atoms with Crippen LogP contribution in [-0.2, 0) is 5.54 Å². The van der Waals surface area contributed by atoms with Gasteiger partial charge in [-0.25, -0.2) is 0 Å². The number of carbonyl (C=O) groups excluding carboxylic acids is 1. The smallest absolute Gasteiger partial charge is 0.252 e. The Morgan fingerprint density at radius 1 is 1.19 bits per heavy atom. The van der Waals surface area contributed by atoms with Gasteiger partial charge < -0.3 is 10.1 Å². The zero-order chi connectivity index (χ0) is 21.6. The number of halogens is 1. The van der Waals surface area contributed by atoms with Crippen LogP contribution in [0.5, 0.6) is 5.75 Å². The van der Waals surface area contributed by atoms with Crippen LogP contribution < -0.4 is 10.1 Å². The zero-order valence-electron chi connectivity index (χ0n) is 18.0. The first kappa shape index (κ1) is 20.5. The number of amides is 1. The van der Waals surface area contributed by atoms with Crippen molar-refractivity contribution in [1.29, 1.82) is 0 Å². The first-order valence-electron chi connectivity index (χ1n) is 10.9. The molecule has 0 radical (unpaired) electrons. The van der Waals surface area contributed by atoms with Crippen molar-refractivity contribution in [3.05, 3.63) is 75.8 Å².